The topological polar surface area (TPSA) is 61.5 Å². The third-order valence-electron chi connectivity index (χ3n) is 7.98. The van der Waals surface area contributed by atoms with Gasteiger partial charge in [0, 0.05) is 6.20 Å². The highest BCUT2D eigenvalue weighted by Gasteiger charge is 2.44. The highest BCUT2D eigenvalue weighted by atomic mass is 16.1. The van der Waals surface area contributed by atoms with Gasteiger partial charge in [0.25, 0.3) is 5.56 Å². The number of aromatic amines is 2. The number of rotatable bonds is 10. The van der Waals surface area contributed by atoms with Gasteiger partial charge in [0.1, 0.15) is 5.52 Å². The SMILES string of the molecule is CCCCCCCC(CCc1c[nH]c2c(=O)[nH]cnc12)C12CCC(CC1)CC2. The van der Waals surface area contributed by atoms with Crippen LogP contribution in [-0.2, 0) is 6.42 Å². The first kappa shape index (κ1) is 19.7. The zero-order valence-electron chi connectivity index (χ0n) is 17.6. The standard InChI is InChI=1S/C24H37N3O/c1-2-3-4-5-6-7-20(24-13-10-18(11-14-24)12-15-24)9-8-19-16-25-22-21(19)26-17-27-23(22)28/h16-18,20,25H,2-15H2,1H3,(H,26,27,28). The van der Waals surface area contributed by atoms with Gasteiger partial charge in [0.05, 0.1) is 11.8 Å². The minimum atomic E-state index is -0.0621. The number of nitrogens with zero attached hydrogens (tertiary/aromatic N) is 1. The Bertz CT molecular complexity index is 799. The van der Waals surface area contributed by atoms with Crippen LogP contribution < -0.4 is 5.56 Å². The lowest BCUT2D eigenvalue weighted by Crippen LogP contribution is -2.40. The minimum absolute atomic E-state index is 0.0621. The fourth-order valence-corrected chi connectivity index (χ4v) is 6.17. The van der Waals surface area contributed by atoms with Gasteiger partial charge in [-0.25, -0.2) is 4.98 Å². The predicted octanol–water partition coefficient (Wildman–Crippen LogP) is 6.13. The van der Waals surface area contributed by atoms with Crippen molar-refractivity contribution in [1.29, 1.82) is 0 Å². The smallest absolute Gasteiger partial charge is 0.275 e. The van der Waals surface area contributed by atoms with Crippen LogP contribution in [0.4, 0.5) is 0 Å². The molecule has 2 aromatic rings. The van der Waals surface area contributed by atoms with Crippen molar-refractivity contribution in [3.63, 3.8) is 0 Å². The lowest BCUT2D eigenvalue weighted by atomic mass is 9.54. The van der Waals surface area contributed by atoms with Crippen LogP contribution in [0.15, 0.2) is 17.3 Å². The number of hydrogen-bond acceptors (Lipinski definition) is 2. The van der Waals surface area contributed by atoms with Gasteiger partial charge < -0.3 is 9.97 Å². The van der Waals surface area contributed by atoms with E-state index in [2.05, 4.69) is 21.9 Å². The number of hydrogen-bond donors (Lipinski definition) is 2. The van der Waals surface area contributed by atoms with Gasteiger partial charge in [-0.15, -0.1) is 0 Å². The molecule has 154 valence electrons. The molecule has 0 aliphatic heterocycles. The van der Waals surface area contributed by atoms with Crippen LogP contribution >= 0.6 is 0 Å². The van der Waals surface area contributed by atoms with E-state index in [0.29, 0.717) is 10.9 Å². The van der Waals surface area contributed by atoms with Crippen LogP contribution in [0.3, 0.4) is 0 Å². The zero-order chi connectivity index (χ0) is 19.4. The second-order valence-electron chi connectivity index (χ2n) is 9.55. The molecule has 0 radical (unpaired) electrons. The highest BCUT2D eigenvalue weighted by molar-refractivity contribution is 5.77. The Kier molecular flexibility index (Phi) is 6.22. The number of fused-ring (bicyclic) bond motifs is 4. The molecule has 1 atom stereocenters. The van der Waals surface area contributed by atoms with Crippen LogP contribution in [0.2, 0.25) is 0 Å². The van der Waals surface area contributed by atoms with Crippen molar-refractivity contribution < 1.29 is 0 Å². The number of unbranched alkanes of at least 4 members (excludes halogenated alkanes) is 4. The number of nitrogens with one attached hydrogen (secondary N) is 2. The normalized spacial score (nSPS) is 25.4. The summed E-state index contributed by atoms with van der Waals surface area (Å²) in [7, 11) is 0. The Morgan fingerprint density at radius 3 is 2.57 bits per heavy atom. The summed E-state index contributed by atoms with van der Waals surface area (Å²) in [4.78, 5) is 22.3. The first-order chi connectivity index (χ1) is 13.7. The first-order valence-electron chi connectivity index (χ1n) is 11.8. The minimum Gasteiger partial charge on any atom is -0.355 e. The summed E-state index contributed by atoms with van der Waals surface area (Å²) in [5.74, 6) is 1.86. The highest BCUT2D eigenvalue weighted by Crippen LogP contribution is 2.56. The van der Waals surface area contributed by atoms with Gasteiger partial charge in [-0.05, 0) is 80.6 Å². The molecular formula is C24H37N3O. The van der Waals surface area contributed by atoms with E-state index in [1.165, 1.54) is 95.4 Å². The lowest BCUT2D eigenvalue weighted by molar-refractivity contribution is -0.000684. The Labute approximate surface area is 168 Å². The molecule has 2 aromatic heterocycles. The Morgan fingerprint density at radius 1 is 1.07 bits per heavy atom. The fourth-order valence-electron chi connectivity index (χ4n) is 6.17. The maximum Gasteiger partial charge on any atom is 0.275 e. The summed E-state index contributed by atoms with van der Waals surface area (Å²) in [5.41, 5.74) is 3.27. The Balaban J connectivity index is 1.45. The predicted molar refractivity (Wildman–Crippen MR) is 116 cm³/mol. The van der Waals surface area contributed by atoms with Crippen LogP contribution in [0, 0.1) is 17.3 Å². The summed E-state index contributed by atoms with van der Waals surface area (Å²) in [5, 5.41) is 0. The second kappa shape index (κ2) is 8.84. The molecule has 3 aliphatic carbocycles. The molecule has 0 saturated heterocycles. The quantitative estimate of drug-likeness (QED) is 0.485. The van der Waals surface area contributed by atoms with Crippen molar-refractivity contribution in [3.05, 3.63) is 28.4 Å². The number of aryl methyl sites for hydroxylation is 1. The van der Waals surface area contributed by atoms with Crippen LogP contribution in [0.1, 0.15) is 96.0 Å². The molecule has 2 heterocycles. The molecule has 5 rings (SSSR count). The van der Waals surface area contributed by atoms with E-state index in [1.54, 1.807) is 0 Å². The average Bonchev–Trinajstić information content (AvgIpc) is 3.16. The third kappa shape index (κ3) is 4.06. The second-order valence-corrected chi connectivity index (χ2v) is 9.55. The fraction of sp³-hybridized carbons (Fsp3) is 0.750. The molecule has 1 unspecified atom stereocenters. The summed E-state index contributed by atoms with van der Waals surface area (Å²) >= 11 is 0. The van der Waals surface area contributed by atoms with E-state index >= 15 is 0 Å². The molecule has 4 nitrogen and oxygen atoms in total. The Morgan fingerprint density at radius 2 is 1.82 bits per heavy atom. The summed E-state index contributed by atoms with van der Waals surface area (Å²) < 4.78 is 0. The molecule has 28 heavy (non-hydrogen) atoms. The summed E-state index contributed by atoms with van der Waals surface area (Å²) in [6.07, 6.45) is 22.9. The summed E-state index contributed by atoms with van der Waals surface area (Å²) in [6.45, 7) is 2.29. The summed E-state index contributed by atoms with van der Waals surface area (Å²) in [6, 6.07) is 0. The molecule has 3 saturated carbocycles. The molecule has 0 amide bonds. The average molecular weight is 384 g/mol. The van der Waals surface area contributed by atoms with Crippen molar-refractivity contribution in [2.24, 2.45) is 17.3 Å². The molecular weight excluding hydrogens is 346 g/mol. The molecule has 3 fully saturated rings. The van der Waals surface area contributed by atoms with Gasteiger partial charge in [-0.1, -0.05) is 39.0 Å². The molecule has 2 bridgehead atoms. The van der Waals surface area contributed by atoms with Gasteiger partial charge in [0.15, 0.2) is 0 Å². The van der Waals surface area contributed by atoms with E-state index in [0.717, 1.165) is 23.8 Å². The van der Waals surface area contributed by atoms with Crippen LogP contribution in [0.25, 0.3) is 11.0 Å². The lowest BCUT2D eigenvalue weighted by Gasteiger charge is -2.51. The molecule has 0 spiro atoms. The van der Waals surface area contributed by atoms with Gasteiger partial charge in [-0.3, -0.25) is 4.79 Å². The zero-order valence-corrected chi connectivity index (χ0v) is 17.6. The molecule has 0 aromatic carbocycles. The van der Waals surface area contributed by atoms with Crippen molar-refractivity contribution in [2.75, 3.05) is 0 Å². The monoisotopic (exact) mass is 383 g/mol. The van der Waals surface area contributed by atoms with Gasteiger partial charge in [0.2, 0.25) is 0 Å². The van der Waals surface area contributed by atoms with E-state index in [9.17, 15) is 4.79 Å². The maximum absolute atomic E-state index is 12.0. The van der Waals surface area contributed by atoms with Crippen LogP contribution in [0.5, 0.6) is 0 Å². The molecule has 3 aliphatic rings. The van der Waals surface area contributed by atoms with Crippen molar-refractivity contribution in [3.8, 4) is 0 Å². The number of H-pyrrole nitrogens is 2. The van der Waals surface area contributed by atoms with Crippen molar-refractivity contribution in [1.82, 2.24) is 15.0 Å². The molecule has 4 heteroatoms. The van der Waals surface area contributed by atoms with Gasteiger partial charge >= 0.3 is 0 Å². The van der Waals surface area contributed by atoms with E-state index < -0.39 is 0 Å². The van der Waals surface area contributed by atoms with E-state index in [-0.39, 0.29) is 5.56 Å². The van der Waals surface area contributed by atoms with Crippen molar-refractivity contribution >= 4 is 11.0 Å². The Hall–Kier alpha value is -1.58. The molecule has 2 N–H and O–H groups in total. The first-order valence-corrected chi connectivity index (χ1v) is 11.8. The van der Waals surface area contributed by atoms with E-state index in [4.69, 9.17) is 0 Å². The third-order valence-corrected chi connectivity index (χ3v) is 7.98. The largest absolute Gasteiger partial charge is 0.355 e. The van der Waals surface area contributed by atoms with Crippen molar-refractivity contribution in [2.45, 2.75) is 96.8 Å². The maximum atomic E-state index is 12.0. The number of aromatic nitrogens is 3. The van der Waals surface area contributed by atoms with Crippen LogP contribution in [-0.4, -0.2) is 15.0 Å². The van der Waals surface area contributed by atoms with Gasteiger partial charge in [-0.2, -0.15) is 0 Å². The van der Waals surface area contributed by atoms with E-state index in [1.807, 2.05) is 6.20 Å².